The number of carbonyl (C=O) groups excluding carboxylic acids is 2. The number of aliphatic hydroxyl groups excluding tert-OH is 1. The Labute approximate surface area is 77.9 Å². The molecule has 0 aliphatic carbocycles. The Morgan fingerprint density at radius 1 is 1.54 bits per heavy atom. The van der Waals surface area contributed by atoms with Gasteiger partial charge in [-0.05, 0) is 6.92 Å². The minimum atomic E-state index is -0.621. The van der Waals surface area contributed by atoms with E-state index in [0.717, 1.165) is 0 Å². The second-order valence-corrected chi connectivity index (χ2v) is 3.10. The van der Waals surface area contributed by atoms with Gasteiger partial charge in [-0.15, -0.1) is 0 Å². The zero-order valence-corrected chi connectivity index (χ0v) is 8.23. The fraction of sp³-hybridized carbons (Fsp3) is 0.750. The molecule has 0 rings (SSSR count). The summed E-state index contributed by atoms with van der Waals surface area (Å²) in [5, 5.41) is 9.05. The summed E-state index contributed by atoms with van der Waals surface area (Å²) >= 11 is 0. The fourth-order valence-electron chi connectivity index (χ4n) is 0.922. The molecule has 1 N–H and O–H groups in total. The number of carbonyl (C=O) groups is 2. The molecule has 13 heavy (non-hydrogen) atoms. The van der Waals surface area contributed by atoms with Gasteiger partial charge in [0.25, 0.3) is 0 Å². The highest BCUT2D eigenvalue weighted by Crippen LogP contribution is 1.95. The van der Waals surface area contributed by atoms with Gasteiger partial charge in [-0.25, -0.2) is 4.79 Å². The second kappa shape index (κ2) is 5.53. The molecular weight excluding hydrogens is 172 g/mol. The summed E-state index contributed by atoms with van der Waals surface area (Å²) in [4.78, 5) is 24.2. The Balaban J connectivity index is 4.23. The molecule has 0 spiro atoms. The maximum absolute atomic E-state index is 11.4. The topological polar surface area (TPSA) is 60.9 Å². The first kappa shape index (κ1) is 11.9. The maximum atomic E-state index is 11.4. The van der Waals surface area contributed by atoms with Crippen molar-refractivity contribution < 1.29 is 14.7 Å². The number of hydrogen-bond acceptors (Lipinski definition) is 3. The van der Waals surface area contributed by atoms with Crippen molar-refractivity contribution in [3.8, 4) is 0 Å². The van der Waals surface area contributed by atoms with E-state index in [1.54, 1.807) is 21.0 Å². The lowest BCUT2D eigenvalue weighted by molar-refractivity contribution is -0.108. The Hall–Kier alpha value is -1.10. The van der Waals surface area contributed by atoms with Crippen molar-refractivity contribution >= 4 is 12.3 Å². The van der Waals surface area contributed by atoms with Gasteiger partial charge in [0.1, 0.15) is 6.29 Å². The lowest BCUT2D eigenvalue weighted by atomic mass is 10.3. The summed E-state index contributed by atoms with van der Waals surface area (Å²) in [7, 11) is 3.20. The maximum Gasteiger partial charge on any atom is 0.319 e. The van der Waals surface area contributed by atoms with Crippen LogP contribution in [-0.2, 0) is 4.79 Å². The molecule has 0 aromatic heterocycles. The predicted octanol–water partition coefficient (Wildman–Crippen LogP) is -0.450. The molecule has 0 radical (unpaired) electrons. The van der Waals surface area contributed by atoms with Crippen LogP contribution in [0.25, 0.3) is 0 Å². The van der Waals surface area contributed by atoms with Gasteiger partial charge < -0.3 is 19.7 Å². The van der Waals surface area contributed by atoms with Crippen LogP contribution in [0.1, 0.15) is 6.92 Å². The molecule has 0 heterocycles. The molecule has 0 aliphatic rings. The highest BCUT2D eigenvalue weighted by atomic mass is 16.3. The highest BCUT2D eigenvalue weighted by Gasteiger charge is 2.16. The van der Waals surface area contributed by atoms with Crippen molar-refractivity contribution in [1.82, 2.24) is 9.80 Å². The molecule has 5 heteroatoms. The largest absolute Gasteiger partial charge is 0.392 e. The third kappa shape index (κ3) is 4.47. The normalized spacial score (nSPS) is 12.0. The first-order valence-electron chi connectivity index (χ1n) is 4.07. The summed E-state index contributed by atoms with van der Waals surface area (Å²) in [6.07, 6.45) is 0.0212. The zero-order chi connectivity index (χ0) is 10.4. The van der Waals surface area contributed by atoms with E-state index in [2.05, 4.69) is 0 Å². The first-order valence-corrected chi connectivity index (χ1v) is 4.07. The van der Waals surface area contributed by atoms with E-state index in [0.29, 0.717) is 6.29 Å². The predicted molar refractivity (Wildman–Crippen MR) is 48.4 cm³/mol. The zero-order valence-electron chi connectivity index (χ0n) is 8.23. The molecule has 0 bridgehead atoms. The molecule has 0 fully saturated rings. The Morgan fingerprint density at radius 2 is 2.08 bits per heavy atom. The Morgan fingerprint density at radius 3 is 2.38 bits per heavy atom. The number of aliphatic hydroxyl groups is 1. The van der Waals surface area contributed by atoms with E-state index in [4.69, 9.17) is 5.11 Å². The Kier molecular flexibility index (Phi) is 5.06. The monoisotopic (exact) mass is 188 g/mol. The summed E-state index contributed by atoms with van der Waals surface area (Å²) in [5.41, 5.74) is 0. The molecule has 76 valence electrons. The van der Waals surface area contributed by atoms with Crippen molar-refractivity contribution in [2.24, 2.45) is 0 Å². The van der Waals surface area contributed by atoms with E-state index < -0.39 is 6.10 Å². The van der Waals surface area contributed by atoms with Crippen molar-refractivity contribution in [1.29, 1.82) is 0 Å². The number of amides is 2. The van der Waals surface area contributed by atoms with E-state index in [1.165, 1.54) is 9.80 Å². The highest BCUT2D eigenvalue weighted by molar-refractivity contribution is 5.76. The van der Waals surface area contributed by atoms with E-state index in [1.807, 2.05) is 0 Å². The van der Waals surface area contributed by atoms with Crippen LogP contribution in [0.15, 0.2) is 0 Å². The van der Waals surface area contributed by atoms with Crippen molar-refractivity contribution in [2.75, 3.05) is 27.2 Å². The summed E-state index contributed by atoms with van der Waals surface area (Å²) in [6.45, 7) is 1.76. The molecule has 1 unspecified atom stereocenters. The Bertz CT molecular complexity index is 180. The lowest BCUT2D eigenvalue weighted by Crippen LogP contribution is -2.43. The third-order valence-corrected chi connectivity index (χ3v) is 1.43. The number of nitrogens with zero attached hydrogens (tertiary/aromatic N) is 2. The fourth-order valence-corrected chi connectivity index (χ4v) is 0.922. The molecule has 2 amide bonds. The van der Waals surface area contributed by atoms with Crippen LogP contribution < -0.4 is 0 Å². The van der Waals surface area contributed by atoms with Crippen molar-refractivity contribution in [2.45, 2.75) is 13.0 Å². The summed E-state index contributed by atoms with van der Waals surface area (Å²) < 4.78 is 0. The molecule has 0 aromatic carbocycles. The average Bonchev–Trinajstić information content (AvgIpc) is 2.01. The standard InChI is InChI=1S/C8H16N2O3/c1-7(12)6-10(4-5-11)8(13)9(2)3/h5,7,12H,4,6H2,1-3H3. The van der Waals surface area contributed by atoms with Crippen LogP contribution in [0, 0.1) is 0 Å². The van der Waals surface area contributed by atoms with Crippen molar-refractivity contribution in [3.63, 3.8) is 0 Å². The summed E-state index contributed by atoms with van der Waals surface area (Å²) in [6, 6.07) is -0.270. The van der Waals surface area contributed by atoms with Gasteiger partial charge in [0.05, 0.1) is 12.6 Å². The second-order valence-electron chi connectivity index (χ2n) is 3.10. The van der Waals surface area contributed by atoms with Gasteiger partial charge in [-0.2, -0.15) is 0 Å². The van der Waals surface area contributed by atoms with Crippen LogP contribution in [0.5, 0.6) is 0 Å². The number of urea groups is 1. The number of rotatable bonds is 4. The number of aldehydes is 1. The van der Waals surface area contributed by atoms with Crippen LogP contribution in [0.3, 0.4) is 0 Å². The SMILES string of the molecule is CC(O)CN(CC=O)C(=O)N(C)C. The average molecular weight is 188 g/mol. The van der Waals surface area contributed by atoms with Crippen LogP contribution in [-0.4, -0.2) is 60.5 Å². The molecule has 0 saturated carbocycles. The minimum absolute atomic E-state index is 0.0158. The third-order valence-electron chi connectivity index (χ3n) is 1.43. The van der Waals surface area contributed by atoms with Gasteiger partial charge in [-0.3, -0.25) is 0 Å². The molecule has 0 aliphatic heterocycles. The molecule has 0 saturated heterocycles. The van der Waals surface area contributed by atoms with Crippen LogP contribution >= 0.6 is 0 Å². The molecule has 1 atom stereocenters. The minimum Gasteiger partial charge on any atom is -0.392 e. The first-order chi connectivity index (χ1) is 5.99. The van der Waals surface area contributed by atoms with Crippen molar-refractivity contribution in [3.05, 3.63) is 0 Å². The van der Waals surface area contributed by atoms with E-state index >= 15 is 0 Å². The molecule has 0 aromatic rings. The molecular formula is C8H16N2O3. The smallest absolute Gasteiger partial charge is 0.319 e. The number of hydrogen-bond donors (Lipinski definition) is 1. The lowest BCUT2D eigenvalue weighted by Gasteiger charge is -2.25. The molecule has 5 nitrogen and oxygen atoms in total. The van der Waals surface area contributed by atoms with Crippen LogP contribution in [0.2, 0.25) is 0 Å². The van der Waals surface area contributed by atoms with Gasteiger partial charge in [0, 0.05) is 20.6 Å². The van der Waals surface area contributed by atoms with Gasteiger partial charge in [-0.1, -0.05) is 0 Å². The van der Waals surface area contributed by atoms with E-state index in [-0.39, 0.29) is 19.1 Å². The van der Waals surface area contributed by atoms with Crippen LogP contribution in [0.4, 0.5) is 4.79 Å². The summed E-state index contributed by atoms with van der Waals surface area (Å²) in [5.74, 6) is 0. The van der Waals surface area contributed by atoms with Gasteiger partial charge in [0.15, 0.2) is 0 Å². The quantitative estimate of drug-likeness (QED) is 0.608. The van der Waals surface area contributed by atoms with Gasteiger partial charge >= 0.3 is 6.03 Å². The van der Waals surface area contributed by atoms with Gasteiger partial charge in [0.2, 0.25) is 0 Å². The van der Waals surface area contributed by atoms with E-state index in [9.17, 15) is 9.59 Å².